The summed E-state index contributed by atoms with van der Waals surface area (Å²) in [4.78, 5) is 8.46. The Morgan fingerprint density at radius 1 is 1.43 bits per heavy atom. The van der Waals surface area contributed by atoms with Crippen molar-refractivity contribution in [3.63, 3.8) is 0 Å². The van der Waals surface area contributed by atoms with Crippen LogP contribution in [0.25, 0.3) is 0 Å². The van der Waals surface area contributed by atoms with E-state index in [1.54, 1.807) is 0 Å². The molecule has 0 amide bonds. The molecule has 0 aliphatic heterocycles. The van der Waals surface area contributed by atoms with Gasteiger partial charge in [0.2, 0.25) is 0 Å². The molecule has 5 N–H and O–H groups in total. The van der Waals surface area contributed by atoms with Crippen molar-refractivity contribution in [2.45, 2.75) is 58.0 Å². The van der Waals surface area contributed by atoms with E-state index >= 15 is 0 Å². The summed E-state index contributed by atoms with van der Waals surface area (Å²) in [6, 6.07) is 0. The molecule has 2 rings (SSSR count). The molecule has 0 radical (unpaired) electrons. The van der Waals surface area contributed by atoms with Gasteiger partial charge in [-0.15, -0.1) is 0 Å². The van der Waals surface area contributed by atoms with Crippen LogP contribution in [0.5, 0.6) is 0 Å². The normalized spacial score (nSPS) is 25.6. The van der Waals surface area contributed by atoms with E-state index in [1.807, 2.05) is 0 Å². The van der Waals surface area contributed by atoms with E-state index in [4.69, 9.17) is 5.84 Å². The average molecular weight is 293 g/mol. The Balaban J connectivity index is 2.08. The standard InChI is InChI=1S/C15H27N5O/c1-3-5-12-13(18-10-19-14(12)20-16)17-9-15(21)7-4-6-11(2)8-15/h10-11,21H,3-9,16H2,1-2H3,(H2,17,18,19,20). The number of hydrogen-bond donors (Lipinski definition) is 4. The number of aliphatic hydroxyl groups is 1. The maximum absolute atomic E-state index is 10.7. The number of nitrogen functional groups attached to an aromatic ring is 1. The first-order chi connectivity index (χ1) is 10.1. The highest BCUT2D eigenvalue weighted by molar-refractivity contribution is 5.57. The van der Waals surface area contributed by atoms with Gasteiger partial charge < -0.3 is 15.8 Å². The quantitative estimate of drug-likeness (QED) is 0.474. The lowest BCUT2D eigenvalue weighted by Gasteiger charge is -2.36. The molecule has 0 saturated heterocycles. The predicted molar refractivity (Wildman–Crippen MR) is 84.9 cm³/mol. The summed E-state index contributed by atoms with van der Waals surface area (Å²) in [5, 5.41) is 14.0. The van der Waals surface area contributed by atoms with Crippen LogP contribution >= 0.6 is 0 Å². The molecule has 1 aromatic heterocycles. The highest BCUT2D eigenvalue weighted by Gasteiger charge is 2.32. The van der Waals surface area contributed by atoms with Crippen LogP contribution in [-0.2, 0) is 6.42 Å². The largest absolute Gasteiger partial charge is 0.388 e. The number of hydrogen-bond acceptors (Lipinski definition) is 6. The monoisotopic (exact) mass is 293 g/mol. The number of rotatable bonds is 6. The fourth-order valence-corrected chi connectivity index (χ4v) is 3.22. The molecule has 6 nitrogen and oxygen atoms in total. The van der Waals surface area contributed by atoms with Gasteiger partial charge in [0.1, 0.15) is 18.0 Å². The zero-order chi connectivity index (χ0) is 15.3. The number of nitrogens with one attached hydrogen (secondary N) is 2. The Labute approximate surface area is 126 Å². The minimum atomic E-state index is -0.637. The smallest absolute Gasteiger partial charge is 0.148 e. The Bertz CT molecular complexity index is 467. The average Bonchev–Trinajstić information content (AvgIpc) is 2.46. The van der Waals surface area contributed by atoms with Gasteiger partial charge in [0, 0.05) is 12.1 Å². The van der Waals surface area contributed by atoms with Gasteiger partial charge in [0.15, 0.2) is 0 Å². The summed E-state index contributed by atoms with van der Waals surface area (Å²) in [6.45, 7) is 4.83. The third kappa shape index (κ3) is 4.04. The summed E-state index contributed by atoms with van der Waals surface area (Å²) in [7, 11) is 0. The molecule has 6 heteroatoms. The summed E-state index contributed by atoms with van der Waals surface area (Å²) in [5.41, 5.74) is 2.97. The number of nitrogens with zero attached hydrogens (tertiary/aromatic N) is 2. The zero-order valence-electron chi connectivity index (χ0n) is 13.0. The molecule has 1 fully saturated rings. The van der Waals surface area contributed by atoms with E-state index in [2.05, 4.69) is 34.6 Å². The van der Waals surface area contributed by atoms with Gasteiger partial charge in [-0.3, -0.25) is 0 Å². The summed E-state index contributed by atoms with van der Waals surface area (Å²) in [5.74, 6) is 7.51. The molecule has 2 atom stereocenters. The second kappa shape index (κ2) is 7.04. The van der Waals surface area contributed by atoms with Crippen molar-refractivity contribution in [2.24, 2.45) is 11.8 Å². The Hall–Kier alpha value is -1.40. The van der Waals surface area contributed by atoms with Gasteiger partial charge >= 0.3 is 0 Å². The fourth-order valence-electron chi connectivity index (χ4n) is 3.22. The van der Waals surface area contributed by atoms with Crippen LogP contribution in [0.1, 0.15) is 51.5 Å². The van der Waals surface area contributed by atoms with E-state index in [0.29, 0.717) is 18.3 Å². The van der Waals surface area contributed by atoms with Gasteiger partial charge in [-0.25, -0.2) is 15.8 Å². The predicted octanol–water partition coefficient (Wildman–Crippen LogP) is 2.07. The van der Waals surface area contributed by atoms with Crippen molar-refractivity contribution in [3.05, 3.63) is 11.9 Å². The summed E-state index contributed by atoms with van der Waals surface area (Å²) >= 11 is 0. The minimum absolute atomic E-state index is 0.523. The third-order valence-electron chi connectivity index (χ3n) is 4.23. The van der Waals surface area contributed by atoms with Crippen molar-refractivity contribution < 1.29 is 5.11 Å². The molecule has 1 saturated carbocycles. The Morgan fingerprint density at radius 3 is 2.86 bits per heavy atom. The molecule has 0 bridgehead atoms. The molecule has 1 heterocycles. The summed E-state index contributed by atoms with van der Waals surface area (Å²) < 4.78 is 0. The fraction of sp³-hybridized carbons (Fsp3) is 0.733. The number of anilines is 2. The molecule has 1 aliphatic rings. The highest BCUT2D eigenvalue weighted by Crippen LogP contribution is 2.32. The van der Waals surface area contributed by atoms with Crippen molar-refractivity contribution in [1.29, 1.82) is 0 Å². The zero-order valence-corrected chi connectivity index (χ0v) is 13.0. The molecule has 0 aromatic carbocycles. The molecule has 118 valence electrons. The molecule has 0 spiro atoms. The molecule has 2 unspecified atom stereocenters. The lowest BCUT2D eigenvalue weighted by Crippen LogP contribution is -2.41. The lowest BCUT2D eigenvalue weighted by atomic mass is 9.79. The first-order valence-corrected chi connectivity index (χ1v) is 7.84. The van der Waals surface area contributed by atoms with Crippen LogP contribution in [-0.4, -0.2) is 27.2 Å². The number of nitrogens with two attached hydrogens (primary N) is 1. The first kappa shape index (κ1) is 16.0. The van der Waals surface area contributed by atoms with Crippen LogP contribution in [0.3, 0.4) is 0 Å². The number of aromatic nitrogens is 2. The molecular formula is C15H27N5O. The highest BCUT2D eigenvalue weighted by atomic mass is 16.3. The molecule has 1 aromatic rings. The van der Waals surface area contributed by atoms with Gasteiger partial charge in [-0.2, -0.15) is 0 Å². The molecular weight excluding hydrogens is 266 g/mol. The van der Waals surface area contributed by atoms with Crippen LogP contribution in [0.15, 0.2) is 6.33 Å². The van der Waals surface area contributed by atoms with Crippen molar-refractivity contribution >= 4 is 11.6 Å². The Morgan fingerprint density at radius 2 is 2.19 bits per heavy atom. The second-order valence-corrected chi connectivity index (χ2v) is 6.22. The van der Waals surface area contributed by atoms with E-state index in [1.165, 1.54) is 12.7 Å². The van der Waals surface area contributed by atoms with Crippen LogP contribution < -0.4 is 16.6 Å². The van der Waals surface area contributed by atoms with E-state index in [-0.39, 0.29) is 0 Å². The van der Waals surface area contributed by atoms with Gasteiger partial charge in [-0.1, -0.05) is 33.1 Å². The SMILES string of the molecule is CCCc1c(NN)ncnc1NCC1(O)CCCC(C)C1. The van der Waals surface area contributed by atoms with Gasteiger partial charge in [-0.05, 0) is 25.2 Å². The maximum Gasteiger partial charge on any atom is 0.148 e. The molecule has 21 heavy (non-hydrogen) atoms. The lowest BCUT2D eigenvalue weighted by molar-refractivity contribution is -0.000839. The van der Waals surface area contributed by atoms with Crippen LogP contribution in [0, 0.1) is 5.92 Å². The number of hydrazine groups is 1. The van der Waals surface area contributed by atoms with Gasteiger partial charge in [0.25, 0.3) is 0 Å². The topological polar surface area (TPSA) is 96.1 Å². The maximum atomic E-state index is 10.7. The van der Waals surface area contributed by atoms with E-state index in [0.717, 1.165) is 43.5 Å². The Kier molecular flexibility index (Phi) is 5.36. The van der Waals surface area contributed by atoms with Crippen molar-refractivity contribution in [3.8, 4) is 0 Å². The van der Waals surface area contributed by atoms with Crippen LogP contribution in [0.2, 0.25) is 0 Å². The van der Waals surface area contributed by atoms with E-state index in [9.17, 15) is 5.11 Å². The van der Waals surface area contributed by atoms with E-state index < -0.39 is 5.60 Å². The van der Waals surface area contributed by atoms with Crippen molar-refractivity contribution in [1.82, 2.24) is 9.97 Å². The summed E-state index contributed by atoms with van der Waals surface area (Å²) in [6.07, 6.45) is 7.30. The molecule has 1 aliphatic carbocycles. The first-order valence-electron chi connectivity index (χ1n) is 7.84. The van der Waals surface area contributed by atoms with Crippen LogP contribution in [0.4, 0.5) is 11.6 Å². The minimum Gasteiger partial charge on any atom is -0.388 e. The second-order valence-electron chi connectivity index (χ2n) is 6.22. The van der Waals surface area contributed by atoms with Crippen molar-refractivity contribution in [2.75, 3.05) is 17.3 Å². The third-order valence-corrected chi connectivity index (χ3v) is 4.23. The van der Waals surface area contributed by atoms with Gasteiger partial charge in [0.05, 0.1) is 5.60 Å².